The molecular formula is C19H20N6O3S. The van der Waals surface area contributed by atoms with E-state index in [1.54, 1.807) is 35.2 Å². The molecule has 0 radical (unpaired) electrons. The van der Waals surface area contributed by atoms with Gasteiger partial charge in [-0.15, -0.1) is 5.10 Å². The first-order valence-corrected chi connectivity index (χ1v) is 10.6. The minimum absolute atomic E-state index is 0.0167. The van der Waals surface area contributed by atoms with Crippen molar-refractivity contribution in [2.45, 2.75) is 11.3 Å². The highest BCUT2D eigenvalue weighted by atomic mass is 32.2. The van der Waals surface area contributed by atoms with Crippen molar-refractivity contribution in [2.75, 3.05) is 26.2 Å². The van der Waals surface area contributed by atoms with Gasteiger partial charge in [-0.2, -0.15) is 4.31 Å². The molecule has 150 valence electrons. The standard InChI is InChI=1S/C19H20N6O3S/c26-19(14-16-6-8-17(9-7-16)25-15-20-21-22-25)23-10-12-24(13-11-23)29(27,28)18-4-2-1-3-5-18/h1-9,15H,10-14H2. The lowest BCUT2D eigenvalue weighted by Crippen LogP contribution is -2.50. The molecule has 0 aliphatic carbocycles. The zero-order valence-electron chi connectivity index (χ0n) is 15.6. The Hall–Kier alpha value is -3.11. The maximum Gasteiger partial charge on any atom is 0.243 e. The molecule has 0 spiro atoms. The van der Waals surface area contributed by atoms with E-state index in [0.29, 0.717) is 26.2 Å². The fourth-order valence-electron chi connectivity index (χ4n) is 3.25. The van der Waals surface area contributed by atoms with Gasteiger partial charge < -0.3 is 4.90 Å². The predicted octanol–water partition coefficient (Wildman–Crippen LogP) is 0.738. The van der Waals surface area contributed by atoms with Gasteiger partial charge in [-0.1, -0.05) is 30.3 Å². The maximum absolute atomic E-state index is 12.7. The molecule has 4 rings (SSSR count). The van der Waals surface area contributed by atoms with Crippen LogP contribution in [0.3, 0.4) is 0 Å². The van der Waals surface area contributed by atoms with Crippen LogP contribution in [0.15, 0.2) is 65.8 Å². The average molecular weight is 412 g/mol. The molecule has 0 N–H and O–H groups in total. The number of carbonyl (C=O) groups is 1. The molecule has 1 amide bonds. The predicted molar refractivity (Wildman–Crippen MR) is 105 cm³/mol. The molecular weight excluding hydrogens is 392 g/mol. The molecule has 0 bridgehead atoms. The maximum atomic E-state index is 12.7. The van der Waals surface area contributed by atoms with Gasteiger partial charge in [-0.05, 0) is 40.3 Å². The zero-order valence-corrected chi connectivity index (χ0v) is 16.4. The first-order valence-electron chi connectivity index (χ1n) is 9.19. The summed E-state index contributed by atoms with van der Waals surface area (Å²) in [5.74, 6) is -0.0167. The number of hydrogen-bond acceptors (Lipinski definition) is 6. The third kappa shape index (κ3) is 4.17. The number of benzene rings is 2. The molecule has 1 fully saturated rings. The Morgan fingerprint density at radius 2 is 1.62 bits per heavy atom. The van der Waals surface area contributed by atoms with Gasteiger partial charge >= 0.3 is 0 Å². The second-order valence-electron chi connectivity index (χ2n) is 6.70. The van der Waals surface area contributed by atoms with Gasteiger partial charge in [0.1, 0.15) is 6.33 Å². The van der Waals surface area contributed by atoms with E-state index in [2.05, 4.69) is 15.5 Å². The molecule has 10 heteroatoms. The summed E-state index contributed by atoms with van der Waals surface area (Å²) in [5.41, 5.74) is 1.69. The van der Waals surface area contributed by atoms with Crippen LogP contribution in [0, 0.1) is 0 Å². The van der Waals surface area contributed by atoms with Crippen molar-refractivity contribution < 1.29 is 13.2 Å². The van der Waals surface area contributed by atoms with Gasteiger partial charge in [0, 0.05) is 26.2 Å². The lowest BCUT2D eigenvalue weighted by molar-refractivity contribution is -0.131. The molecule has 29 heavy (non-hydrogen) atoms. The van der Waals surface area contributed by atoms with Crippen molar-refractivity contribution >= 4 is 15.9 Å². The zero-order chi connectivity index (χ0) is 20.3. The number of sulfonamides is 1. The molecule has 0 atom stereocenters. The van der Waals surface area contributed by atoms with E-state index in [9.17, 15) is 13.2 Å². The van der Waals surface area contributed by atoms with Crippen molar-refractivity contribution in [2.24, 2.45) is 0 Å². The quantitative estimate of drug-likeness (QED) is 0.613. The minimum atomic E-state index is -3.52. The van der Waals surface area contributed by atoms with Crippen LogP contribution in [0.2, 0.25) is 0 Å². The minimum Gasteiger partial charge on any atom is -0.340 e. The van der Waals surface area contributed by atoms with Crippen molar-refractivity contribution in [3.05, 3.63) is 66.5 Å². The summed E-state index contributed by atoms with van der Waals surface area (Å²) in [6.07, 6.45) is 1.77. The van der Waals surface area contributed by atoms with Crippen molar-refractivity contribution in [1.82, 2.24) is 29.4 Å². The van der Waals surface area contributed by atoms with E-state index in [4.69, 9.17) is 0 Å². The van der Waals surface area contributed by atoms with E-state index < -0.39 is 10.0 Å². The van der Waals surface area contributed by atoms with E-state index in [-0.39, 0.29) is 17.2 Å². The van der Waals surface area contributed by atoms with Gasteiger partial charge in [-0.25, -0.2) is 13.1 Å². The number of tetrazole rings is 1. The number of piperazine rings is 1. The van der Waals surface area contributed by atoms with E-state index in [0.717, 1.165) is 11.3 Å². The largest absolute Gasteiger partial charge is 0.340 e. The fourth-order valence-corrected chi connectivity index (χ4v) is 4.70. The highest BCUT2D eigenvalue weighted by Crippen LogP contribution is 2.18. The molecule has 2 aromatic carbocycles. The summed E-state index contributed by atoms with van der Waals surface area (Å²) in [6.45, 7) is 1.35. The lowest BCUT2D eigenvalue weighted by Gasteiger charge is -2.34. The Bertz CT molecular complexity index is 1060. The Balaban J connectivity index is 1.34. The van der Waals surface area contributed by atoms with Gasteiger partial charge in [0.2, 0.25) is 15.9 Å². The van der Waals surface area contributed by atoms with Gasteiger partial charge in [0.15, 0.2) is 0 Å². The van der Waals surface area contributed by atoms with Crippen LogP contribution in [-0.2, 0) is 21.2 Å². The van der Waals surface area contributed by atoms with Crippen molar-refractivity contribution in [1.29, 1.82) is 0 Å². The highest BCUT2D eigenvalue weighted by molar-refractivity contribution is 7.89. The van der Waals surface area contributed by atoms with Crippen LogP contribution in [0.1, 0.15) is 5.56 Å². The van der Waals surface area contributed by atoms with Crippen LogP contribution in [0.25, 0.3) is 5.69 Å². The number of nitrogens with zero attached hydrogens (tertiary/aromatic N) is 6. The summed E-state index contributed by atoms with van der Waals surface area (Å²) in [4.78, 5) is 14.6. The number of rotatable bonds is 5. The topological polar surface area (TPSA) is 101 Å². The molecule has 0 unspecified atom stereocenters. The van der Waals surface area contributed by atoms with E-state index in [1.807, 2.05) is 24.3 Å². The van der Waals surface area contributed by atoms with E-state index in [1.165, 1.54) is 15.3 Å². The Morgan fingerprint density at radius 3 is 2.24 bits per heavy atom. The number of hydrogen-bond donors (Lipinski definition) is 0. The molecule has 9 nitrogen and oxygen atoms in total. The first kappa shape index (κ1) is 19.2. The fraction of sp³-hybridized carbons (Fsp3) is 0.263. The third-order valence-corrected chi connectivity index (χ3v) is 6.79. The molecule has 1 saturated heterocycles. The molecule has 2 heterocycles. The molecule has 1 aliphatic rings. The van der Waals surface area contributed by atoms with Crippen molar-refractivity contribution in [3.63, 3.8) is 0 Å². The van der Waals surface area contributed by atoms with Gasteiger partial charge in [0.05, 0.1) is 17.0 Å². The van der Waals surface area contributed by atoms with Crippen molar-refractivity contribution in [3.8, 4) is 5.69 Å². The summed E-state index contributed by atoms with van der Waals surface area (Å²) < 4.78 is 28.4. The summed E-state index contributed by atoms with van der Waals surface area (Å²) >= 11 is 0. The monoisotopic (exact) mass is 412 g/mol. The molecule has 1 aromatic heterocycles. The number of aromatic nitrogens is 4. The van der Waals surface area contributed by atoms with Gasteiger partial charge in [-0.3, -0.25) is 4.79 Å². The second-order valence-corrected chi connectivity index (χ2v) is 8.63. The number of carbonyl (C=O) groups excluding carboxylic acids is 1. The first-order chi connectivity index (χ1) is 14.0. The molecule has 3 aromatic rings. The number of amides is 1. The second kappa shape index (κ2) is 8.10. The lowest BCUT2D eigenvalue weighted by atomic mass is 10.1. The van der Waals surface area contributed by atoms with Gasteiger partial charge in [0.25, 0.3) is 0 Å². The summed E-state index contributed by atoms with van der Waals surface area (Å²) in [5, 5.41) is 11.0. The SMILES string of the molecule is O=C(Cc1ccc(-n2cnnn2)cc1)N1CCN(S(=O)(=O)c2ccccc2)CC1. The smallest absolute Gasteiger partial charge is 0.243 e. The van der Waals surface area contributed by atoms with E-state index >= 15 is 0 Å². The Morgan fingerprint density at radius 1 is 0.931 bits per heavy atom. The highest BCUT2D eigenvalue weighted by Gasteiger charge is 2.29. The average Bonchev–Trinajstić information content (AvgIpc) is 3.30. The van der Waals surface area contributed by atoms with Crippen LogP contribution in [0.5, 0.6) is 0 Å². The third-order valence-electron chi connectivity index (χ3n) is 4.88. The van der Waals surface area contributed by atoms with Crippen LogP contribution in [0.4, 0.5) is 0 Å². The van der Waals surface area contributed by atoms with Crippen LogP contribution in [-0.4, -0.2) is 69.9 Å². The van der Waals surface area contributed by atoms with Crippen LogP contribution >= 0.6 is 0 Å². The van der Waals surface area contributed by atoms with Crippen LogP contribution < -0.4 is 0 Å². The Kier molecular flexibility index (Phi) is 5.36. The Labute approximate surface area is 168 Å². The normalized spacial score (nSPS) is 15.4. The molecule has 0 saturated carbocycles. The molecule has 1 aliphatic heterocycles. The summed E-state index contributed by atoms with van der Waals surface area (Å²) in [6, 6.07) is 15.8. The summed E-state index contributed by atoms with van der Waals surface area (Å²) in [7, 11) is -3.52.